The minimum absolute atomic E-state index is 0.208. The van der Waals surface area contributed by atoms with Crippen LogP contribution in [0.3, 0.4) is 0 Å². The molecule has 20 heavy (non-hydrogen) atoms. The Balaban J connectivity index is 2.05. The Morgan fingerprint density at radius 3 is 2.00 bits per heavy atom. The van der Waals surface area contributed by atoms with Crippen LogP contribution in [0.15, 0.2) is 24.3 Å². The minimum Gasteiger partial charge on any atom is -0.324 e. The van der Waals surface area contributed by atoms with Crippen molar-refractivity contribution < 1.29 is 0 Å². The highest BCUT2D eigenvalue weighted by molar-refractivity contribution is 5.29. The van der Waals surface area contributed by atoms with E-state index in [4.69, 9.17) is 5.73 Å². The Kier molecular flexibility index (Phi) is 4.30. The van der Waals surface area contributed by atoms with Crippen LogP contribution in [0.2, 0.25) is 0 Å². The van der Waals surface area contributed by atoms with Crippen LogP contribution in [0, 0.1) is 11.3 Å². The van der Waals surface area contributed by atoms with Crippen molar-refractivity contribution in [3.05, 3.63) is 35.4 Å². The van der Waals surface area contributed by atoms with Gasteiger partial charge in [-0.05, 0) is 53.6 Å². The zero-order chi connectivity index (χ0) is 15.0. The number of hydrogen-bond donors (Lipinski definition) is 1. The van der Waals surface area contributed by atoms with Gasteiger partial charge in [0.15, 0.2) is 0 Å². The van der Waals surface area contributed by atoms with E-state index in [1.165, 1.54) is 36.8 Å². The smallest absolute Gasteiger partial charge is 0.0323 e. The lowest BCUT2D eigenvalue weighted by molar-refractivity contribution is 0.173. The summed E-state index contributed by atoms with van der Waals surface area (Å²) in [5.74, 6) is 0.656. The normalized spacial score (nSPS) is 21.7. The summed E-state index contributed by atoms with van der Waals surface area (Å²) in [4.78, 5) is 0. The van der Waals surface area contributed by atoms with Crippen LogP contribution in [0.25, 0.3) is 0 Å². The third-order valence-electron chi connectivity index (χ3n) is 5.05. The van der Waals surface area contributed by atoms with Gasteiger partial charge in [-0.1, -0.05) is 58.9 Å². The van der Waals surface area contributed by atoms with E-state index in [1.54, 1.807) is 0 Å². The Morgan fingerprint density at radius 2 is 1.55 bits per heavy atom. The predicted octanol–water partition coefficient (Wildman–Crippen LogP) is 5.20. The molecule has 1 nitrogen and oxygen atoms in total. The fraction of sp³-hybridized carbons (Fsp3) is 0.684. The highest BCUT2D eigenvalue weighted by Gasteiger charge is 2.30. The molecule has 0 heterocycles. The van der Waals surface area contributed by atoms with Crippen molar-refractivity contribution in [1.29, 1.82) is 0 Å². The third-order valence-corrected chi connectivity index (χ3v) is 5.05. The van der Waals surface area contributed by atoms with Gasteiger partial charge >= 0.3 is 0 Å². The van der Waals surface area contributed by atoms with Crippen molar-refractivity contribution in [3.63, 3.8) is 0 Å². The summed E-state index contributed by atoms with van der Waals surface area (Å²) in [6.45, 7) is 11.5. The number of nitrogens with two attached hydrogens (primary N) is 1. The summed E-state index contributed by atoms with van der Waals surface area (Å²) < 4.78 is 0. The van der Waals surface area contributed by atoms with Gasteiger partial charge in [0, 0.05) is 6.04 Å². The number of rotatable bonds is 2. The molecule has 1 aromatic carbocycles. The highest BCUT2D eigenvalue weighted by Crippen LogP contribution is 2.42. The van der Waals surface area contributed by atoms with Gasteiger partial charge in [0.2, 0.25) is 0 Å². The van der Waals surface area contributed by atoms with Gasteiger partial charge in [-0.15, -0.1) is 0 Å². The Labute approximate surface area is 125 Å². The van der Waals surface area contributed by atoms with Crippen LogP contribution >= 0.6 is 0 Å². The number of hydrogen-bond acceptors (Lipinski definition) is 1. The van der Waals surface area contributed by atoms with Crippen LogP contribution in [0.4, 0.5) is 0 Å². The first-order chi connectivity index (χ1) is 9.19. The lowest BCUT2D eigenvalue weighted by atomic mass is 9.70. The Morgan fingerprint density at radius 1 is 1.05 bits per heavy atom. The number of benzene rings is 1. The standard InChI is InChI=1S/C19H31N/c1-18(2,3)16-8-6-14(7-9-16)17(20)15-10-12-19(4,5)13-11-15/h6-9,15,17H,10-13,20H2,1-5H3. The molecule has 0 aliphatic heterocycles. The monoisotopic (exact) mass is 273 g/mol. The van der Waals surface area contributed by atoms with Crippen molar-refractivity contribution in [2.45, 2.75) is 71.8 Å². The summed E-state index contributed by atoms with van der Waals surface area (Å²) >= 11 is 0. The molecule has 2 N–H and O–H groups in total. The zero-order valence-electron chi connectivity index (χ0n) is 13.9. The second kappa shape index (κ2) is 5.52. The molecule has 0 aromatic heterocycles. The minimum atomic E-state index is 0.208. The van der Waals surface area contributed by atoms with Crippen molar-refractivity contribution in [1.82, 2.24) is 0 Å². The van der Waals surface area contributed by atoms with Gasteiger partial charge in [0.25, 0.3) is 0 Å². The van der Waals surface area contributed by atoms with E-state index >= 15 is 0 Å². The topological polar surface area (TPSA) is 26.0 Å². The first-order valence-electron chi connectivity index (χ1n) is 8.05. The molecule has 2 rings (SSSR count). The fourth-order valence-electron chi connectivity index (χ4n) is 3.26. The van der Waals surface area contributed by atoms with E-state index in [0.29, 0.717) is 11.3 Å². The molecule has 1 saturated carbocycles. The van der Waals surface area contributed by atoms with E-state index in [9.17, 15) is 0 Å². The molecule has 1 atom stereocenters. The first-order valence-corrected chi connectivity index (χ1v) is 8.05. The maximum absolute atomic E-state index is 6.52. The molecule has 1 aliphatic rings. The van der Waals surface area contributed by atoms with Crippen molar-refractivity contribution in [3.8, 4) is 0 Å². The molecule has 0 radical (unpaired) electrons. The molecule has 0 spiro atoms. The van der Waals surface area contributed by atoms with E-state index in [2.05, 4.69) is 58.9 Å². The van der Waals surface area contributed by atoms with E-state index in [0.717, 1.165) is 0 Å². The first kappa shape index (κ1) is 15.6. The van der Waals surface area contributed by atoms with Gasteiger partial charge in [0.1, 0.15) is 0 Å². The second-order valence-electron chi connectivity index (χ2n) is 8.40. The van der Waals surface area contributed by atoms with Crippen molar-refractivity contribution in [2.24, 2.45) is 17.1 Å². The van der Waals surface area contributed by atoms with Crippen LogP contribution in [0.5, 0.6) is 0 Å². The van der Waals surface area contributed by atoms with Crippen LogP contribution < -0.4 is 5.73 Å². The van der Waals surface area contributed by atoms with Crippen molar-refractivity contribution in [2.75, 3.05) is 0 Å². The SMILES string of the molecule is CC1(C)CCC(C(N)c2ccc(C(C)(C)C)cc2)CC1. The maximum Gasteiger partial charge on any atom is 0.0323 e. The summed E-state index contributed by atoms with van der Waals surface area (Å²) in [6, 6.07) is 9.19. The van der Waals surface area contributed by atoms with Crippen LogP contribution in [-0.4, -0.2) is 0 Å². The van der Waals surface area contributed by atoms with Crippen molar-refractivity contribution >= 4 is 0 Å². The largest absolute Gasteiger partial charge is 0.324 e. The molecular weight excluding hydrogens is 242 g/mol. The molecule has 112 valence electrons. The average molecular weight is 273 g/mol. The lowest BCUT2D eigenvalue weighted by Crippen LogP contribution is -2.29. The summed E-state index contributed by atoms with van der Waals surface area (Å²) in [5, 5.41) is 0. The third kappa shape index (κ3) is 3.63. The predicted molar refractivity (Wildman–Crippen MR) is 87.8 cm³/mol. The van der Waals surface area contributed by atoms with Gasteiger partial charge < -0.3 is 5.73 Å². The summed E-state index contributed by atoms with van der Waals surface area (Å²) in [6.07, 6.45) is 5.17. The quantitative estimate of drug-likeness (QED) is 0.787. The Bertz CT molecular complexity index is 426. The van der Waals surface area contributed by atoms with E-state index < -0.39 is 0 Å². The van der Waals surface area contributed by atoms with E-state index in [-0.39, 0.29) is 11.5 Å². The van der Waals surface area contributed by atoms with Crippen LogP contribution in [0.1, 0.15) is 77.5 Å². The molecule has 1 unspecified atom stereocenters. The molecule has 1 aromatic rings. The Hall–Kier alpha value is -0.820. The summed E-state index contributed by atoms with van der Waals surface area (Å²) in [7, 11) is 0. The average Bonchev–Trinajstić information content (AvgIpc) is 2.37. The molecule has 0 amide bonds. The molecule has 1 heteroatoms. The molecule has 0 bridgehead atoms. The van der Waals surface area contributed by atoms with Gasteiger partial charge in [-0.3, -0.25) is 0 Å². The van der Waals surface area contributed by atoms with E-state index in [1.807, 2.05) is 0 Å². The second-order valence-corrected chi connectivity index (χ2v) is 8.40. The van der Waals surface area contributed by atoms with Gasteiger partial charge in [-0.2, -0.15) is 0 Å². The molecular formula is C19H31N. The van der Waals surface area contributed by atoms with Crippen LogP contribution in [-0.2, 0) is 5.41 Å². The zero-order valence-corrected chi connectivity index (χ0v) is 13.9. The summed E-state index contributed by atoms with van der Waals surface area (Å²) in [5.41, 5.74) is 9.95. The van der Waals surface area contributed by atoms with Gasteiger partial charge in [0.05, 0.1) is 0 Å². The highest BCUT2D eigenvalue weighted by atomic mass is 14.7. The molecule has 0 saturated heterocycles. The lowest BCUT2D eigenvalue weighted by Gasteiger charge is -2.37. The molecule has 1 fully saturated rings. The fourth-order valence-corrected chi connectivity index (χ4v) is 3.26. The molecule has 1 aliphatic carbocycles. The van der Waals surface area contributed by atoms with Gasteiger partial charge in [-0.25, -0.2) is 0 Å². The maximum atomic E-state index is 6.52.